The van der Waals surface area contributed by atoms with E-state index in [0.29, 0.717) is 36.2 Å². The van der Waals surface area contributed by atoms with Gasteiger partial charge in [0.1, 0.15) is 18.3 Å². The molecule has 4 rings (SSSR count). The molecule has 2 amide bonds. The summed E-state index contributed by atoms with van der Waals surface area (Å²) >= 11 is 4.89. The lowest BCUT2D eigenvalue weighted by atomic mass is 9.98. The standard InChI is InChI=1S/C21H25BrN4O3S/c22-14-10-17-21(24-11-14)29-8-7-26(17)12-15-5-6-18(30-15)20(28)25-16(19(23)27)9-13-3-1-2-4-13/h5-6,10-11,13,16H,1-4,7-9,12H2,(H2,23,27)(H,25,28). The number of carbonyl (C=O) groups is 2. The van der Waals surface area contributed by atoms with Crippen LogP contribution in [0.5, 0.6) is 5.88 Å². The molecule has 1 fully saturated rings. The molecule has 7 nitrogen and oxygen atoms in total. The monoisotopic (exact) mass is 492 g/mol. The Hall–Kier alpha value is -2.13. The van der Waals surface area contributed by atoms with Gasteiger partial charge in [-0.2, -0.15) is 0 Å². The van der Waals surface area contributed by atoms with Crippen molar-refractivity contribution in [1.29, 1.82) is 0 Å². The van der Waals surface area contributed by atoms with Crippen molar-refractivity contribution in [2.75, 3.05) is 18.1 Å². The van der Waals surface area contributed by atoms with Gasteiger partial charge in [-0.3, -0.25) is 9.59 Å². The Balaban J connectivity index is 1.41. The van der Waals surface area contributed by atoms with Gasteiger partial charge in [0.15, 0.2) is 0 Å². The molecule has 1 aliphatic carbocycles. The molecule has 0 bridgehead atoms. The zero-order valence-corrected chi connectivity index (χ0v) is 19.0. The number of anilines is 1. The van der Waals surface area contributed by atoms with E-state index in [1.54, 1.807) is 6.20 Å². The topological polar surface area (TPSA) is 97.5 Å². The largest absolute Gasteiger partial charge is 0.474 e. The van der Waals surface area contributed by atoms with Crippen LogP contribution in [0, 0.1) is 5.92 Å². The molecule has 2 aromatic rings. The number of carbonyl (C=O) groups excluding carboxylic acids is 2. The number of hydrogen-bond acceptors (Lipinski definition) is 6. The smallest absolute Gasteiger partial charge is 0.262 e. The number of nitrogens with zero attached hydrogens (tertiary/aromatic N) is 2. The highest BCUT2D eigenvalue weighted by Gasteiger charge is 2.26. The predicted molar refractivity (Wildman–Crippen MR) is 120 cm³/mol. The number of halogens is 1. The van der Waals surface area contributed by atoms with Gasteiger partial charge in [-0.1, -0.05) is 25.7 Å². The van der Waals surface area contributed by atoms with Crippen LogP contribution in [-0.4, -0.2) is 36.0 Å². The van der Waals surface area contributed by atoms with Crippen LogP contribution in [0.3, 0.4) is 0 Å². The Morgan fingerprint density at radius 1 is 1.37 bits per heavy atom. The Morgan fingerprint density at radius 2 is 2.17 bits per heavy atom. The van der Waals surface area contributed by atoms with Gasteiger partial charge in [-0.15, -0.1) is 11.3 Å². The zero-order valence-electron chi connectivity index (χ0n) is 16.6. The van der Waals surface area contributed by atoms with E-state index in [1.807, 2.05) is 18.2 Å². The van der Waals surface area contributed by atoms with E-state index in [9.17, 15) is 9.59 Å². The number of nitrogens with one attached hydrogen (secondary N) is 1. The number of ether oxygens (including phenoxy) is 1. The quantitative estimate of drug-likeness (QED) is 0.616. The fourth-order valence-electron chi connectivity index (χ4n) is 4.12. The van der Waals surface area contributed by atoms with E-state index in [2.05, 4.69) is 31.1 Å². The molecule has 0 aromatic carbocycles. The molecule has 160 valence electrons. The number of nitrogens with two attached hydrogens (primary N) is 1. The van der Waals surface area contributed by atoms with Gasteiger partial charge in [0, 0.05) is 15.5 Å². The van der Waals surface area contributed by atoms with Crippen LogP contribution in [0.15, 0.2) is 28.9 Å². The summed E-state index contributed by atoms with van der Waals surface area (Å²) in [6, 6.07) is 5.14. The number of hydrogen-bond donors (Lipinski definition) is 2. The van der Waals surface area contributed by atoms with Crippen molar-refractivity contribution >= 4 is 44.8 Å². The van der Waals surface area contributed by atoms with Crippen LogP contribution in [0.25, 0.3) is 0 Å². The van der Waals surface area contributed by atoms with Gasteiger partial charge < -0.3 is 20.7 Å². The summed E-state index contributed by atoms with van der Waals surface area (Å²) in [6.45, 7) is 1.98. The molecular formula is C21H25BrN4O3S. The van der Waals surface area contributed by atoms with E-state index < -0.39 is 11.9 Å². The third kappa shape index (κ3) is 4.95. The van der Waals surface area contributed by atoms with Crippen molar-refractivity contribution in [3.05, 3.63) is 38.6 Å². The summed E-state index contributed by atoms with van der Waals surface area (Å²) in [6.07, 6.45) is 6.94. The minimum atomic E-state index is -0.610. The summed E-state index contributed by atoms with van der Waals surface area (Å²) in [5.41, 5.74) is 6.48. The third-order valence-corrected chi connectivity index (χ3v) is 7.17. The minimum Gasteiger partial charge on any atom is -0.474 e. The molecule has 2 aromatic heterocycles. The van der Waals surface area contributed by atoms with E-state index in [1.165, 1.54) is 24.2 Å². The highest BCUT2D eigenvalue weighted by Crippen LogP contribution is 2.33. The molecule has 0 spiro atoms. The fourth-order valence-corrected chi connectivity index (χ4v) is 5.36. The number of primary amides is 1. The molecule has 1 unspecified atom stereocenters. The maximum absolute atomic E-state index is 12.7. The molecule has 0 radical (unpaired) electrons. The fraction of sp³-hybridized carbons (Fsp3) is 0.476. The minimum absolute atomic E-state index is 0.236. The van der Waals surface area contributed by atoms with Crippen LogP contribution in [0.4, 0.5) is 5.69 Å². The normalized spacial score (nSPS) is 17.3. The number of thiophene rings is 1. The molecule has 9 heteroatoms. The van der Waals surface area contributed by atoms with E-state index in [0.717, 1.165) is 34.4 Å². The number of pyridine rings is 1. The summed E-state index contributed by atoms with van der Waals surface area (Å²) < 4.78 is 6.52. The first-order valence-corrected chi connectivity index (χ1v) is 11.8. The number of rotatable bonds is 7. The third-order valence-electron chi connectivity index (χ3n) is 5.66. The molecule has 2 aliphatic rings. The second kappa shape index (κ2) is 9.34. The summed E-state index contributed by atoms with van der Waals surface area (Å²) in [4.78, 5) is 32.7. The predicted octanol–water partition coefficient (Wildman–Crippen LogP) is 3.47. The molecular weight excluding hydrogens is 468 g/mol. The van der Waals surface area contributed by atoms with Crippen molar-refractivity contribution in [2.45, 2.75) is 44.7 Å². The van der Waals surface area contributed by atoms with E-state index >= 15 is 0 Å². The maximum Gasteiger partial charge on any atom is 0.262 e. The van der Waals surface area contributed by atoms with Crippen molar-refractivity contribution in [1.82, 2.24) is 10.3 Å². The second-order valence-corrected chi connectivity index (χ2v) is 9.91. The van der Waals surface area contributed by atoms with Gasteiger partial charge in [0.05, 0.1) is 18.0 Å². The van der Waals surface area contributed by atoms with Crippen LogP contribution in [0.2, 0.25) is 0 Å². The average Bonchev–Trinajstić information content (AvgIpc) is 3.40. The summed E-state index contributed by atoms with van der Waals surface area (Å²) in [5, 5.41) is 2.85. The Morgan fingerprint density at radius 3 is 2.93 bits per heavy atom. The number of amides is 2. The molecule has 1 atom stereocenters. The van der Waals surface area contributed by atoms with E-state index in [4.69, 9.17) is 10.5 Å². The van der Waals surface area contributed by atoms with Crippen molar-refractivity contribution < 1.29 is 14.3 Å². The lowest BCUT2D eigenvalue weighted by Crippen LogP contribution is -2.45. The molecule has 0 saturated heterocycles. The van der Waals surface area contributed by atoms with Crippen LogP contribution >= 0.6 is 27.3 Å². The lowest BCUT2D eigenvalue weighted by Gasteiger charge is -2.30. The first-order valence-electron chi connectivity index (χ1n) is 10.2. The Kier molecular flexibility index (Phi) is 6.58. The van der Waals surface area contributed by atoms with Crippen LogP contribution in [0.1, 0.15) is 46.7 Å². The zero-order chi connectivity index (χ0) is 21.1. The molecule has 3 heterocycles. The highest BCUT2D eigenvalue weighted by molar-refractivity contribution is 9.10. The molecule has 30 heavy (non-hydrogen) atoms. The molecule has 1 aliphatic heterocycles. The van der Waals surface area contributed by atoms with Gasteiger partial charge >= 0.3 is 0 Å². The summed E-state index contributed by atoms with van der Waals surface area (Å²) in [5.74, 6) is 0.390. The van der Waals surface area contributed by atoms with E-state index in [-0.39, 0.29) is 5.91 Å². The highest BCUT2D eigenvalue weighted by atomic mass is 79.9. The summed E-state index contributed by atoms with van der Waals surface area (Å²) in [7, 11) is 0. The number of fused-ring (bicyclic) bond motifs is 1. The first-order chi connectivity index (χ1) is 14.5. The van der Waals surface area contributed by atoms with Gasteiger partial charge in [-0.25, -0.2) is 4.98 Å². The second-order valence-electron chi connectivity index (χ2n) is 7.83. The van der Waals surface area contributed by atoms with Crippen molar-refractivity contribution in [3.63, 3.8) is 0 Å². The number of aromatic nitrogens is 1. The first kappa shape index (κ1) is 21.1. The Labute approximate surface area is 188 Å². The Bertz CT molecular complexity index is 929. The molecule has 1 saturated carbocycles. The SMILES string of the molecule is NC(=O)C(CC1CCCC1)NC(=O)c1ccc(CN2CCOc3ncc(Br)cc32)s1. The van der Waals surface area contributed by atoms with Crippen LogP contribution < -0.4 is 20.7 Å². The average molecular weight is 493 g/mol. The van der Waals surface area contributed by atoms with Gasteiger partial charge in [-0.05, 0) is 46.5 Å². The van der Waals surface area contributed by atoms with Gasteiger partial charge in [0.25, 0.3) is 5.91 Å². The lowest BCUT2D eigenvalue weighted by molar-refractivity contribution is -0.120. The van der Waals surface area contributed by atoms with Crippen molar-refractivity contribution in [3.8, 4) is 5.88 Å². The van der Waals surface area contributed by atoms with Gasteiger partial charge in [0.2, 0.25) is 11.8 Å². The van der Waals surface area contributed by atoms with Crippen molar-refractivity contribution in [2.24, 2.45) is 11.7 Å². The maximum atomic E-state index is 12.7. The van der Waals surface area contributed by atoms with Crippen LogP contribution in [-0.2, 0) is 11.3 Å². The molecule has 3 N–H and O–H groups in total.